The van der Waals surface area contributed by atoms with E-state index in [-0.39, 0.29) is 24.7 Å². The van der Waals surface area contributed by atoms with E-state index in [0.717, 1.165) is 37.2 Å². The molecule has 0 unspecified atom stereocenters. The number of carboxylic acid groups (broad SMARTS) is 1. The second-order valence-corrected chi connectivity index (χ2v) is 5.71. The van der Waals surface area contributed by atoms with Gasteiger partial charge in [0.05, 0.1) is 13.5 Å². The Kier molecular flexibility index (Phi) is 5.81. The van der Waals surface area contributed by atoms with Gasteiger partial charge in [0.15, 0.2) is 0 Å². The molecule has 1 atom stereocenters. The molecule has 5 heteroatoms. The first-order valence-electron chi connectivity index (χ1n) is 7.73. The fourth-order valence-corrected chi connectivity index (χ4v) is 2.88. The zero-order valence-electron chi connectivity index (χ0n) is 13.0. The summed E-state index contributed by atoms with van der Waals surface area (Å²) in [5, 5.41) is 9.12. The molecule has 1 aromatic carbocycles. The molecule has 1 N–H and O–H groups in total. The first-order valence-corrected chi connectivity index (χ1v) is 7.73. The van der Waals surface area contributed by atoms with E-state index < -0.39 is 5.97 Å². The molecule has 0 saturated carbocycles. The fourth-order valence-electron chi connectivity index (χ4n) is 2.88. The van der Waals surface area contributed by atoms with Crippen LogP contribution >= 0.6 is 0 Å². The molecule has 1 heterocycles. The maximum absolute atomic E-state index is 12.4. The highest BCUT2D eigenvalue weighted by molar-refractivity contribution is 5.78. The summed E-state index contributed by atoms with van der Waals surface area (Å²) in [6, 6.07) is 7.29. The Morgan fingerprint density at radius 1 is 1.14 bits per heavy atom. The van der Waals surface area contributed by atoms with Crippen LogP contribution in [-0.4, -0.2) is 42.1 Å². The summed E-state index contributed by atoms with van der Waals surface area (Å²) in [5.74, 6) is -0.396. The van der Waals surface area contributed by atoms with E-state index >= 15 is 0 Å². The molecule has 1 aromatic rings. The first-order chi connectivity index (χ1) is 10.6. The molecular weight excluding hydrogens is 282 g/mol. The number of carbonyl (C=O) groups excluding carboxylic acids is 1. The summed E-state index contributed by atoms with van der Waals surface area (Å²) in [6.07, 6.45) is 3.46. The van der Waals surface area contributed by atoms with Gasteiger partial charge in [-0.05, 0) is 37.0 Å². The van der Waals surface area contributed by atoms with Gasteiger partial charge in [-0.3, -0.25) is 9.59 Å². The quantitative estimate of drug-likeness (QED) is 0.877. The van der Waals surface area contributed by atoms with Gasteiger partial charge in [0.2, 0.25) is 5.91 Å². The van der Waals surface area contributed by atoms with Crippen LogP contribution in [0.1, 0.15) is 43.6 Å². The van der Waals surface area contributed by atoms with Crippen LogP contribution in [-0.2, 0) is 9.59 Å². The molecule has 1 aliphatic heterocycles. The van der Waals surface area contributed by atoms with Crippen LogP contribution in [0.15, 0.2) is 24.3 Å². The highest BCUT2D eigenvalue weighted by atomic mass is 16.5. The normalized spacial score (nSPS) is 16.1. The summed E-state index contributed by atoms with van der Waals surface area (Å²) >= 11 is 0. The molecular formula is C17H23NO4. The minimum Gasteiger partial charge on any atom is -0.497 e. The van der Waals surface area contributed by atoms with Gasteiger partial charge < -0.3 is 14.7 Å². The van der Waals surface area contributed by atoms with Gasteiger partial charge in [-0.2, -0.15) is 0 Å². The zero-order valence-corrected chi connectivity index (χ0v) is 13.0. The number of aliphatic carboxylic acids is 1. The van der Waals surface area contributed by atoms with E-state index in [1.807, 2.05) is 17.0 Å². The van der Waals surface area contributed by atoms with Crippen molar-refractivity contribution in [2.24, 2.45) is 0 Å². The van der Waals surface area contributed by atoms with E-state index in [2.05, 4.69) is 0 Å². The number of piperidine rings is 1. The number of amides is 1. The van der Waals surface area contributed by atoms with Gasteiger partial charge in [0, 0.05) is 25.4 Å². The SMILES string of the molecule is COc1ccc([C@H](CC(=O)O)CC(=O)N2CCCCC2)cc1. The molecule has 1 aliphatic rings. The molecule has 120 valence electrons. The lowest BCUT2D eigenvalue weighted by Gasteiger charge is -2.28. The Bertz CT molecular complexity index is 506. The molecule has 2 rings (SSSR count). The predicted molar refractivity (Wildman–Crippen MR) is 83.0 cm³/mol. The molecule has 0 bridgehead atoms. The van der Waals surface area contributed by atoms with Gasteiger partial charge in [0.25, 0.3) is 0 Å². The first kappa shape index (κ1) is 16.3. The van der Waals surface area contributed by atoms with E-state index in [9.17, 15) is 9.59 Å². The van der Waals surface area contributed by atoms with Crippen LogP contribution in [0.3, 0.4) is 0 Å². The van der Waals surface area contributed by atoms with Crippen molar-refractivity contribution in [3.8, 4) is 5.75 Å². The maximum atomic E-state index is 12.4. The molecule has 0 spiro atoms. The summed E-state index contributed by atoms with van der Waals surface area (Å²) in [6.45, 7) is 1.59. The van der Waals surface area contributed by atoms with Gasteiger partial charge >= 0.3 is 5.97 Å². The van der Waals surface area contributed by atoms with Gasteiger partial charge in [0.1, 0.15) is 5.75 Å². The average Bonchev–Trinajstić information content (AvgIpc) is 2.54. The highest BCUT2D eigenvalue weighted by Gasteiger charge is 2.23. The number of ether oxygens (including phenoxy) is 1. The number of benzene rings is 1. The summed E-state index contributed by atoms with van der Waals surface area (Å²) in [4.78, 5) is 25.4. The number of carboxylic acids is 1. The smallest absolute Gasteiger partial charge is 0.303 e. The summed E-state index contributed by atoms with van der Waals surface area (Å²) in [5.41, 5.74) is 0.869. The molecule has 1 fully saturated rings. The van der Waals surface area contributed by atoms with E-state index in [0.29, 0.717) is 0 Å². The summed E-state index contributed by atoms with van der Waals surface area (Å²) in [7, 11) is 1.59. The lowest BCUT2D eigenvalue weighted by Crippen LogP contribution is -2.36. The minimum atomic E-state index is -0.882. The van der Waals surface area contributed by atoms with Crippen molar-refractivity contribution in [2.45, 2.75) is 38.0 Å². The third-order valence-corrected chi connectivity index (χ3v) is 4.14. The van der Waals surface area contributed by atoms with Crippen LogP contribution in [0.5, 0.6) is 5.75 Å². The van der Waals surface area contributed by atoms with Crippen molar-refractivity contribution in [1.82, 2.24) is 4.90 Å². The number of carbonyl (C=O) groups is 2. The number of methoxy groups -OCH3 is 1. The fraction of sp³-hybridized carbons (Fsp3) is 0.529. The lowest BCUT2D eigenvalue weighted by molar-refractivity contribution is -0.138. The van der Waals surface area contributed by atoms with Crippen molar-refractivity contribution in [2.75, 3.05) is 20.2 Å². The third kappa shape index (κ3) is 4.48. The zero-order chi connectivity index (χ0) is 15.9. The molecule has 0 aliphatic carbocycles. The molecule has 22 heavy (non-hydrogen) atoms. The van der Waals surface area contributed by atoms with Crippen molar-refractivity contribution in [3.63, 3.8) is 0 Å². The summed E-state index contributed by atoms with van der Waals surface area (Å²) < 4.78 is 5.11. The van der Waals surface area contributed by atoms with Crippen molar-refractivity contribution >= 4 is 11.9 Å². The molecule has 1 amide bonds. The van der Waals surface area contributed by atoms with Crippen LogP contribution in [0.4, 0.5) is 0 Å². The van der Waals surface area contributed by atoms with E-state index in [1.54, 1.807) is 19.2 Å². The van der Waals surface area contributed by atoms with Gasteiger partial charge in [-0.15, -0.1) is 0 Å². The Morgan fingerprint density at radius 3 is 2.32 bits per heavy atom. The Labute approximate surface area is 130 Å². The van der Waals surface area contributed by atoms with E-state index in [4.69, 9.17) is 9.84 Å². The second kappa shape index (κ2) is 7.82. The lowest BCUT2D eigenvalue weighted by atomic mass is 9.91. The van der Waals surface area contributed by atoms with Crippen molar-refractivity contribution in [3.05, 3.63) is 29.8 Å². The minimum absolute atomic E-state index is 0.0358. The number of hydrogen-bond donors (Lipinski definition) is 1. The monoisotopic (exact) mass is 305 g/mol. The predicted octanol–water partition coefficient (Wildman–Crippen LogP) is 2.66. The van der Waals surface area contributed by atoms with Crippen molar-refractivity contribution in [1.29, 1.82) is 0 Å². The van der Waals surface area contributed by atoms with Crippen LogP contribution in [0, 0.1) is 0 Å². The molecule has 1 saturated heterocycles. The van der Waals surface area contributed by atoms with Gasteiger partial charge in [-0.1, -0.05) is 12.1 Å². The van der Waals surface area contributed by atoms with Crippen LogP contribution in [0.2, 0.25) is 0 Å². The van der Waals surface area contributed by atoms with Crippen LogP contribution in [0.25, 0.3) is 0 Å². The number of hydrogen-bond acceptors (Lipinski definition) is 3. The average molecular weight is 305 g/mol. The molecule has 0 aromatic heterocycles. The second-order valence-electron chi connectivity index (χ2n) is 5.71. The maximum Gasteiger partial charge on any atom is 0.303 e. The Hall–Kier alpha value is -2.04. The standard InChI is InChI=1S/C17H23NO4/c1-22-15-7-5-13(6-8-15)14(12-17(20)21)11-16(19)18-9-3-2-4-10-18/h5-8,14H,2-4,9-12H2,1H3,(H,20,21)/t14-/m0/s1. The van der Waals surface area contributed by atoms with E-state index in [1.165, 1.54) is 6.42 Å². The number of likely N-dealkylation sites (tertiary alicyclic amines) is 1. The topological polar surface area (TPSA) is 66.8 Å². The Morgan fingerprint density at radius 2 is 1.77 bits per heavy atom. The molecule has 5 nitrogen and oxygen atoms in total. The largest absolute Gasteiger partial charge is 0.497 e. The van der Waals surface area contributed by atoms with Crippen LogP contribution < -0.4 is 4.74 Å². The number of nitrogens with zero attached hydrogens (tertiary/aromatic N) is 1. The Balaban J connectivity index is 2.07. The van der Waals surface area contributed by atoms with Gasteiger partial charge in [-0.25, -0.2) is 0 Å². The third-order valence-electron chi connectivity index (χ3n) is 4.14. The molecule has 0 radical (unpaired) electrons. The highest BCUT2D eigenvalue weighted by Crippen LogP contribution is 2.27. The number of rotatable bonds is 6. The van der Waals surface area contributed by atoms with Crippen molar-refractivity contribution < 1.29 is 19.4 Å².